The molecular weight excluding hydrogens is 923 g/mol. The lowest BCUT2D eigenvalue weighted by molar-refractivity contribution is -0.603. The number of anilines is 4. The molecule has 26 heteroatoms. The van der Waals surface area contributed by atoms with Crippen LogP contribution in [0.1, 0.15) is 12.5 Å². The van der Waals surface area contributed by atoms with Crippen LogP contribution in [0.2, 0.25) is 0 Å². The van der Waals surface area contributed by atoms with Crippen molar-refractivity contribution in [3.63, 3.8) is 0 Å². The molecule has 0 atom stereocenters. The molecule has 66 heavy (non-hydrogen) atoms. The van der Waals surface area contributed by atoms with Gasteiger partial charge < -0.3 is 25.8 Å². The van der Waals surface area contributed by atoms with Gasteiger partial charge in [-0.2, -0.15) is 25.3 Å². The van der Waals surface area contributed by atoms with E-state index in [1.54, 1.807) is 23.0 Å². The third-order valence-electron chi connectivity index (χ3n) is 9.32. The average Bonchev–Trinajstić information content (AvgIpc) is 3.25. The number of carbonyl (C=O) groups is 1. The van der Waals surface area contributed by atoms with Crippen LogP contribution in [0, 0.1) is 6.92 Å². The Hall–Kier alpha value is -7.46. The van der Waals surface area contributed by atoms with E-state index >= 15 is 0 Å². The third kappa shape index (κ3) is 10.4. The molecule has 1 amide bonds. The van der Waals surface area contributed by atoms with Crippen molar-refractivity contribution in [2.24, 2.45) is 20.5 Å². The molecule has 23 nitrogen and oxygen atoms in total. The molecule has 0 spiro atoms. The van der Waals surface area contributed by atoms with Crippen molar-refractivity contribution < 1.29 is 58.1 Å². The molecule has 0 aliphatic heterocycles. The van der Waals surface area contributed by atoms with Gasteiger partial charge in [0.1, 0.15) is 37.5 Å². The van der Waals surface area contributed by atoms with E-state index in [0.717, 1.165) is 23.8 Å². The standard InChI is InChI=1S/C40H35N11O12S3/c1-22-7-6-15-51(21-22)40-45-38(41-14-16-52)44-39(46-40)43-28-13-12-27(25-9-5-11-35(37(25)28)65(57,58)59)47-49-31-19-29(42-23(2)53)30(20-33(31)63-3)48-50-32-18-26-24(17-36(32)66(60,61)62)8-4-10-34(26)64(54,55)56/h4-13,15,17-21,52H,14,16H2,1-3H3,(H5-,41,42,43,44,45,46,49,50,53,54,55,56,57,58,59,60,61,62)/p+1. The zero-order valence-electron chi connectivity index (χ0n) is 34.5. The van der Waals surface area contributed by atoms with Gasteiger partial charge >= 0.3 is 17.8 Å². The Balaban J connectivity index is 1.32. The number of amides is 1. The number of rotatable bonds is 15. The van der Waals surface area contributed by atoms with Crippen LogP contribution in [0.4, 0.5) is 46.0 Å². The van der Waals surface area contributed by atoms with Gasteiger partial charge in [0.15, 0.2) is 0 Å². The molecular formula is C40H36N11O12S3+. The highest BCUT2D eigenvalue weighted by atomic mass is 32.2. The Kier molecular flexibility index (Phi) is 13.1. The highest BCUT2D eigenvalue weighted by Crippen LogP contribution is 2.43. The Bertz CT molecular complexity index is 3500. The maximum absolute atomic E-state index is 12.8. The Morgan fingerprint density at radius 2 is 1.36 bits per heavy atom. The molecule has 0 radical (unpaired) electrons. The van der Waals surface area contributed by atoms with Gasteiger partial charge in [-0.3, -0.25) is 18.5 Å². The molecule has 0 bridgehead atoms. The first-order valence-corrected chi connectivity index (χ1v) is 23.3. The molecule has 5 aromatic carbocycles. The zero-order chi connectivity index (χ0) is 47.6. The molecule has 7 N–H and O–H groups in total. The van der Waals surface area contributed by atoms with Crippen molar-refractivity contribution in [1.82, 2.24) is 15.0 Å². The van der Waals surface area contributed by atoms with Gasteiger partial charge in [0, 0.05) is 35.7 Å². The fourth-order valence-corrected chi connectivity index (χ4v) is 8.62. The van der Waals surface area contributed by atoms with Crippen molar-refractivity contribution in [3.05, 3.63) is 103 Å². The van der Waals surface area contributed by atoms with Crippen LogP contribution >= 0.6 is 0 Å². The molecule has 2 heterocycles. The normalized spacial score (nSPS) is 12.3. The summed E-state index contributed by atoms with van der Waals surface area (Å²) in [6.45, 7) is 2.93. The summed E-state index contributed by atoms with van der Waals surface area (Å²) in [5, 5.41) is 34.7. The molecule has 0 aliphatic carbocycles. The zero-order valence-corrected chi connectivity index (χ0v) is 37.0. The van der Waals surface area contributed by atoms with Crippen molar-refractivity contribution in [3.8, 4) is 11.7 Å². The lowest BCUT2D eigenvalue weighted by Gasteiger charge is -2.13. The summed E-state index contributed by atoms with van der Waals surface area (Å²) < 4.78 is 112. The minimum atomic E-state index is -4.98. The van der Waals surface area contributed by atoms with Crippen LogP contribution in [0.15, 0.2) is 132 Å². The largest absolute Gasteiger partial charge is 0.494 e. The average molecular weight is 959 g/mol. The predicted molar refractivity (Wildman–Crippen MR) is 238 cm³/mol. The van der Waals surface area contributed by atoms with Crippen molar-refractivity contribution in [2.75, 3.05) is 36.2 Å². The van der Waals surface area contributed by atoms with Crippen molar-refractivity contribution >= 4 is 104 Å². The van der Waals surface area contributed by atoms with Crippen LogP contribution in [-0.2, 0) is 35.1 Å². The van der Waals surface area contributed by atoms with E-state index in [4.69, 9.17) is 4.74 Å². The Morgan fingerprint density at radius 3 is 2.05 bits per heavy atom. The number of methoxy groups -OCH3 is 1. The molecule has 7 rings (SSSR count). The van der Waals surface area contributed by atoms with E-state index in [-0.39, 0.29) is 86.7 Å². The van der Waals surface area contributed by atoms with E-state index < -0.39 is 56.6 Å². The van der Waals surface area contributed by atoms with Crippen LogP contribution in [0.25, 0.3) is 27.5 Å². The Morgan fingerprint density at radius 1 is 0.697 bits per heavy atom. The van der Waals surface area contributed by atoms with E-state index in [1.807, 2.05) is 13.0 Å². The van der Waals surface area contributed by atoms with Gasteiger partial charge in [-0.05, 0) is 76.4 Å². The van der Waals surface area contributed by atoms with Gasteiger partial charge in [0.2, 0.25) is 5.91 Å². The number of aliphatic hydroxyl groups is 1. The summed E-state index contributed by atoms with van der Waals surface area (Å²) in [6.07, 6.45) is 3.48. The van der Waals surface area contributed by atoms with E-state index in [2.05, 4.69) is 51.4 Å². The summed E-state index contributed by atoms with van der Waals surface area (Å²) in [5.74, 6) is -0.394. The highest BCUT2D eigenvalue weighted by Gasteiger charge is 2.24. The van der Waals surface area contributed by atoms with Gasteiger partial charge in [0.25, 0.3) is 30.4 Å². The number of hydrogen-bond donors (Lipinski definition) is 7. The van der Waals surface area contributed by atoms with Gasteiger partial charge in [-0.15, -0.1) is 25.4 Å². The molecule has 0 unspecified atom stereocenters. The number of azo groups is 2. The first kappa shape index (κ1) is 46.5. The summed E-state index contributed by atoms with van der Waals surface area (Å²) in [6, 6.07) is 18.8. The van der Waals surface area contributed by atoms with E-state index in [1.165, 1.54) is 68.6 Å². The Labute approximate surface area is 375 Å². The minimum Gasteiger partial charge on any atom is -0.494 e. The fourth-order valence-electron chi connectivity index (χ4n) is 6.55. The number of aliphatic hydroxyl groups excluding tert-OH is 1. The number of nitrogens with one attached hydrogen (secondary N) is 3. The second kappa shape index (κ2) is 18.6. The smallest absolute Gasteiger partial charge is 0.444 e. The summed E-state index contributed by atoms with van der Waals surface area (Å²) >= 11 is 0. The molecule has 0 saturated heterocycles. The van der Waals surface area contributed by atoms with E-state index in [9.17, 15) is 48.8 Å². The second-order valence-electron chi connectivity index (χ2n) is 14.0. The van der Waals surface area contributed by atoms with Gasteiger partial charge in [-0.1, -0.05) is 30.3 Å². The molecule has 2 aromatic heterocycles. The topological polar surface area (TPSA) is 338 Å². The van der Waals surface area contributed by atoms with Crippen LogP contribution in [0.3, 0.4) is 0 Å². The minimum absolute atomic E-state index is 0.0158. The number of nitrogens with zero attached hydrogens (tertiary/aromatic N) is 8. The summed E-state index contributed by atoms with van der Waals surface area (Å²) in [5.41, 5.74) is 0.357. The number of fused-ring (bicyclic) bond motifs is 2. The highest BCUT2D eigenvalue weighted by molar-refractivity contribution is 7.86. The SMILES string of the molecule is COc1cc(N=Nc2cc3c(S(=O)(=O)O)cccc3cc2S(=O)(=O)O)c(NC(C)=O)cc1N=Nc1ccc(Nc2nc(NCCO)nc(-[n+]3cccc(C)c3)n2)c2c(S(=O)(=O)O)cccc12. The van der Waals surface area contributed by atoms with Crippen LogP contribution < -0.4 is 25.3 Å². The second-order valence-corrected chi connectivity index (χ2v) is 18.2. The van der Waals surface area contributed by atoms with E-state index in [0.29, 0.717) is 0 Å². The number of aromatic nitrogens is 4. The van der Waals surface area contributed by atoms with Gasteiger partial charge in [-0.25, -0.2) is 4.57 Å². The number of hydrogen-bond acceptors (Lipinski definition) is 18. The third-order valence-corrected chi connectivity index (χ3v) is 12.0. The van der Waals surface area contributed by atoms with Crippen molar-refractivity contribution in [2.45, 2.75) is 28.5 Å². The predicted octanol–water partition coefficient (Wildman–Crippen LogP) is 6.45. The molecule has 340 valence electrons. The maximum Gasteiger partial charge on any atom is 0.444 e. The first-order chi connectivity index (χ1) is 31.2. The monoisotopic (exact) mass is 958 g/mol. The number of pyridine rings is 1. The first-order valence-electron chi connectivity index (χ1n) is 19.0. The fraction of sp³-hybridized carbons (Fsp3) is 0.125. The number of ether oxygens (including phenoxy) is 1. The lowest BCUT2D eigenvalue weighted by Crippen LogP contribution is -2.33. The van der Waals surface area contributed by atoms with Crippen molar-refractivity contribution in [1.29, 1.82) is 0 Å². The quantitative estimate of drug-likeness (QED) is 0.0330. The number of benzene rings is 5. The van der Waals surface area contributed by atoms with Crippen LogP contribution in [-0.4, -0.2) is 85.1 Å². The molecule has 0 fully saturated rings. The molecule has 7 aromatic rings. The summed E-state index contributed by atoms with van der Waals surface area (Å²) in [7, 11) is -13.4. The number of aryl methyl sites for hydroxylation is 1. The summed E-state index contributed by atoms with van der Waals surface area (Å²) in [4.78, 5) is 23.9. The molecule has 0 aliphatic rings. The van der Waals surface area contributed by atoms with Crippen LogP contribution in [0.5, 0.6) is 5.75 Å². The molecule has 0 saturated carbocycles. The maximum atomic E-state index is 12.8. The number of carbonyl (C=O) groups excluding carboxylic acids is 1. The lowest BCUT2D eigenvalue weighted by atomic mass is 10.1. The van der Waals surface area contributed by atoms with Gasteiger partial charge in [0.05, 0.1) is 43.2 Å².